The second kappa shape index (κ2) is 3.45. The van der Waals surface area contributed by atoms with Crippen molar-refractivity contribution in [3.05, 3.63) is 35.1 Å². The van der Waals surface area contributed by atoms with Crippen molar-refractivity contribution in [2.24, 2.45) is 5.73 Å². The van der Waals surface area contributed by atoms with Crippen molar-refractivity contribution in [1.82, 2.24) is 0 Å². The second-order valence-corrected chi connectivity index (χ2v) is 4.18. The van der Waals surface area contributed by atoms with Crippen LogP contribution >= 0.6 is 0 Å². The highest BCUT2D eigenvalue weighted by Gasteiger charge is 2.45. The number of alkyl halides is 3. The summed E-state index contributed by atoms with van der Waals surface area (Å²) in [5.74, 6) is -0.601. The number of rotatable bonds is 2. The molecule has 0 atom stereocenters. The summed E-state index contributed by atoms with van der Waals surface area (Å²) in [4.78, 5) is 0. The van der Waals surface area contributed by atoms with Gasteiger partial charge in [0.15, 0.2) is 0 Å². The van der Waals surface area contributed by atoms with Gasteiger partial charge in [-0.25, -0.2) is 4.39 Å². The fourth-order valence-electron chi connectivity index (χ4n) is 1.84. The fraction of sp³-hybridized carbons (Fsp3) is 0.455. The monoisotopic (exact) mass is 233 g/mol. The van der Waals surface area contributed by atoms with Crippen LogP contribution in [0, 0.1) is 5.82 Å². The molecule has 0 spiro atoms. The van der Waals surface area contributed by atoms with E-state index in [0.29, 0.717) is 12.8 Å². The van der Waals surface area contributed by atoms with Crippen LogP contribution in [-0.2, 0) is 11.6 Å². The van der Waals surface area contributed by atoms with Gasteiger partial charge in [0.2, 0.25) is 0 Å². The number of halogens is 4. The van der Waals surface area contributed by atoms with Crippen molar-refractivity contribution in [3.8, 4) is 0 Å². The van der Waals surface area contributed by atoms with E-state index in [9.17, 15) is 17.6 Å². The van der Waals surface area contributed by atoms with Crippen LogP contribution in [0.3, 0.4) is 0 Å². The van der Waals surface area contributed by atoms with Crippen LogP contribution in [0.25, 0.3) is 0 Å². The predicted octanol–water partition coefficient (Wildman–Crippen LogP) is 2.83. The van der Waals surface area contributed by atoms with Crippen LogP contribution in [-0.4, -0.2) is 6.54 Å². The van der Waals surface area contributed by atoms with Crippen molar-refractivity contribution in [1.29, 1.82) is 0 Å². The third-order valence-corrected chi connectivity index (χ3v) is 3.11. The minimum Gasteiger partial charge on any atom is -0.330 e. The van der Waals surface area contributed by atoms with Gasteiger partial charge in [0, 0.05) is 12.0 Å². The Kier molecular flexibility index (Phi) is 2.45. The summed E-state index contributed by atoms with van der Waals surface area (Å²) in [5, 5.41) is 0. The lowest BCUT2D eigenvalue weighted by molar-refractivity contribution is -0.137. The molecule has 0 heterocycles. The standard InChI is InChI=1S/C11H11F4N/c12-9-2-1-7(11(13,14)15)5-8(9)10(6-16)3-4-10/h1-2,5H,3-4,6,16H2. The number of nitrogens with two attached hydrogens (primary N) is 1. The first-order valence-electron chi connectivity index (χ1n) is 4.96. The molecule has 0 aromatic heterocycles. The Morgan fingerprint density at radius 3 is 2.31 bits per heavy atom. The molecule has 1 nitrogen and oxygen atoms in total. The Morgan fingerprint density at radius 1 is 1.25 bits per heavy atom. The van der Waals surface area contributed by atoms with Gasteiger partial charge in [0.05, 0.1) is 5.56 Å². The Hall–Kier alpha value is -1.10. The molecule has 5 heteroatoms. The number of benzene rings is 1. The first-order chi connectivity index (χ1) is 7.39. The van der Waals surface area contributed by atoms with Crippen LogP contribution < -0.4 is 5.73 Å². The Labute approximate surface area is 90.3 Å². The molecule has 0 aliphatic heterocycles. The molecule has 1 fully saturated rings. The molecule has 88 valence electrons. The highest BCUT2D eigenvalue weighted by molar-refractivity contribution is 5.37. The van der Waals surface area contributed by atoms with Gasteiger partial charge < -0.3 is 5.73 Å². The van der Waals surface area contributed by atoms with Crippen LogP contribution in [0.1, 0.15) is 24.0 Å². The minimum atomic E-state index is -4.44. The molecule has 0 radical (unpaired) electrons. The smallest absolute Gasteiger partial charge is 0.330 e. The summed E-state index contributed by atoms with van der Waals surface area (Å²) >= 11 is 0. The van der Waals surface area contributed by atoms with E-state index in [1.807, 2.05) is 0 Å². The average molecular weight is 233 g/mol. The van der Waals surface area contributed by atoms with Gasteiger partial charge in [-0.2, -0.15) is 13.2 Å². The SMILES string of the molecule is NCC1(c2cc(C(F)(F)F)ccc2F)CC1. The maximum Gasteiger partial charge on any atom is 0.416 e. The zero-order chi connectivity index (χ0) is 12.0. The number of hydrogen-bond acceptors (Lipinski definition) is 1. The van der Waals surface area contributed by atoms with E-state index < -0.39 is 23.0 Å². The summed E-state index contributed by atoms with van der Waals surface area (Å²) < 4.78 is 50.8. The van der Waals surface area contributed by atoms with Crippen molar-refractivity contribution in [3.63, 3.8) is 0 Å². The van der Waals surface area contributed by atoms with Crippen LogP contribution in [0.4, 0.5) is 17.6 Å². The molecule has 0 bridgehead atoms. The van der Waals surface area contributed by atoms with Gasteiger partial charge in [0.1, 0.15) is 5.82 Å². The van der Waals surface area contributed by atoms with Gasteiger partial charge in [-0.3, -0.25) is 0 Å². The van der Waals surface area contributed by atoms with Crippen LogP contribution in [0.15, 0.2) is 18.2 Å². The molecular formula is C11H11F4N. The molecule has 1 saturated carbocycles. The molecule has 2 rings (SSSR count). The molecule has 0 amide bonds. The summed E-state index contributed by atoms with van der Waals surface area (Å²) in [7, 11) is 0. The zero-order valence-corrected chi connectivity index (χ0v) is 8.44. The van der Waals surface area contributed by atoms with Crippen molar-refractivity contribution < 1.29 is 17.6 Å². The lowest BCUT2D eigenvalue weighted by Crippen LogP contribution is -2.22. The van der Waals surface area contributed by atoms with E-state index in [1.54, 1.807) is 0 Å². The third kappa shape index (κ3) is 1.80. The molecule has 1 aromatic rings. The van der Waals surface area contributed by atoms with E-state index >= 15 is 0 Å². The Morgan fingerprint density at radius 2 is 1.88 bits per heavy atom. The molecule has 16 heavy (non-hydrogen) atoms. The second-order valence-electron chi connectivity index (χ2n) is 4.18. The van der Waals surface area contributed by atoms with E-state index in [1.165, 1.54) is 0 Å². The highest BCUT2D eigenvalue weighted by atomic mass is 19.4. The van der Waals surface area contributed by atoms with Gasteiger partial charge in [-0.05, 0) is 36.6 Å². The van der Waals surface area contributed by atoms with Crippen molar-refractivity contribution >= 4 is 0 Å². The predicted molar refractivity (Wildman–Crippen MR) is 51.4 cm³/mol. The molecule has 1 aliphatic rings. The van der Waals surface area contributed by atoms with Gasteiger partial charge in [0.25, 0.3) is 0 Å². The van der Waals surface area contributed by atoms with Crippen LogP contribution in [0.2, 0.25) is 0 Å². The third-order valence-electron chi connectivity index (χ3n) is 3.11. The van der Waals surface area contributed by atoms with Gasteiger partial charge >= 0.3 is 6.18 Å². The van der Waals surface area contributed by atoms with Crippen molar-refractivity contribution in [2.45, 2.75) is 24.4 Å². The summed E-state index contributed by atoms with van der Waals surface area (Å²) in [6.07, 6.45) is -3.13. The average Bonchev–Trinajstić information content (AvgIpc) is 2.97. The molecule has 2 N–H and O–H groups in total. The topological polar surface area (TPSA) is 26.0 Å². The molecule has 1 aromatic carbocycles. The lowest BCUT2D eigenvalue weighted by Gasteiger charge is -2.16. The van der Waals surface area contributed by atoms with Gasteiger partial charge in [-0.15, -0.1) is 0 Å². The van der Waals surface area contributed by atoms with E-state index in [2.05, 4.69) is 0 Å². The largest absolute Gasteiger partial charge is 0.416 e. The summed E-state index contributed by atoms with van der Waals surface area (Å²) in [5.41, 5.74) is 4.20. The van der Waals surface area contributed by atoms with E-state index in [0.717, 1.165) is 18.2 Å². The highest BCUT2D eigenvalue weighted by Crippen LogP contribution is 2.49. The first kappa shape index (κ1) is 11.4. The summed E-state index contributed by atoms with van der Waals surface area (Å²) in [6, 6.07) is 2.51. The molecular weight excluding hydrogens is 222 g/mol. The number of hydrogen-bond donors (Lipinski definition) is 1. The van der Waals surface area contributed by atoms with Gasteiger partial charge in [-0.1, -0.05) is 0 Å². The van der Waals surface area contributed by atoms with E-state index in [-0.39, 0.29) is 12.1 Å². The Balaban J connectivity index is 2.46. The van der Waals surface area contributed by atoms with Crippen molar-refractivity contribution in [2.75, 3.05) is 6.54 Å². The lowest BCUT2D eigenvalue weighted by atomic mass is 9.94. The quantitative estimate of drug-likeness (QED) is 0.781. The normalized spacial score (nSPS) is 18.6. The van der Waals surface area contributed by atoms with Crippen LogP contribution in [0.5, 0.6) is 0 Å². The fourth-order valence-corrected chi connectivity index (χ4v) is 1.84. The maximum absolute atomic E-state index is 13.5. The summed E-state index contributed by atoms with van der Waals surface area (Å²) in [6.45, 7) is 0.186. The maximum atomic E-state index is 13.5. The zero-order valence-electron chi connectivity index (χ0n) is 8.44. The van der Waals surface area contributed by atoms with E-state index in [4.69, 9.17) is 5.73 Å². The first-order valence-corrected chi connectivity index (χ1v) is 4.96. The minimum absolute atomic E-state index is 0.102. The molecule has 1 aliphatic carbocycles. The molecule has 0 unspecified atom stereocenters. The molecule has 0 saturated heterocycles. The Bertz CT molecular complexity index is 407.